The molecule has 20 heavy (non-hydrogen) atoms. The Morgan fingerprint density at radius 2 is 1.50 bits per heavy atom. The zero-order chi connectivity index (χ0) is 14.7. The predicted octanol–water partition coefficient (Wildman–Crippen LogP) is 5.47. The standard InChI is InChI=1S/C19H21N/c1-13(2)17-6-5-7-18(19(17)14(3)4)16-10-8-15(12-20)9-11-16/h5-11,13-14H,1-4H3. The Morgan fingerprint density at radius 3 is 2.00 bits per heavy atom. The van der Waals surface area contributed by atoms with Gasteiger partial charge in [0, 0.05) is 0 Å². The molecule has 0 unspecified atom stereocenters. The second-order valence-electron chi connectivity index (χ2n) is 5.81. The van der Waals surface area contributed by atoms with Crippen LogP contribution in [0.4, 0.5) is 0 Å². The molecule has 0 amide bonds. The van der Waals surface area contributed by atoms with Crippen LogP contribution in [0.15, 0.2) is 42.5 Å². The van der Waals surface area contributed by atoms with Gasteiger partial charge >= 0.3 is 0 Å². The average Bonchev–Trinajstić information content (AvgIpc) is 2.46. The number of hydrogen-bond donors (Lipinski definition) is 0. The Bertz CT molecular complexity index is 628. The van der Waals surface area contributed by atoms with Gasteiger partial charge in [-0.25, -0.2) is 0 Å². The first-order chi connectivity index (χ1) is 9.54. The summed E-state index contributed by atoms with van der Waals surface area (Å²) < 4.78 is 0. The quantitative estimate of drug-likeness (QED) is 0.720. The highest BCUT2D eigenvalue weighted by Crippen LogP contribution is 2.35. The fourth-order valence-electron chi connectivity index (χ4n) is 2.71. The summed E-state index contributed by atoms with van der Waals surface area (Å²) in [4.78, 5) is 0. The van der Waals surface area contributed by atoms with Crippen LogP contribution in [-0.2, 0) is 0 Å². The SMILES string of the molecule is CC(C)c1cccc(-c2ccc(C#N)cc2)c1C(C)C. The third kappa shape index (κ3) is 2.75. The van der Waals surface area contributed by atoms with E-state index in [0.29, 0.717) is 17.4 Å². The molecule has 0 saturated heterocycles. The van der Waals surface area contributed by atoms with E-state index in [-0.39, 0.29) is 0 Å². The molecule has 0 saturated carbocycles. The van der Waals surface area contributed by atoms with Crippen molar-refractivity contribution in [1.82, 2.24) is 0 Å². The molecule has 1 heteroatoms. The summed E-state index contributed by atoms with van der Waals surface area (Å²) in [6.07, 6.45) is 0. The second-order valence-corrected chi connectivity index (χ2v) is 5.81. The van der Waals surface area contributed by atoms with Gasteiger partial charge in [-0.05, 0) is 46.2 Å². The summed E-state index contributed by atoms with van der Waals surface area (Å²) in [6, 6.07) is 16.6. The van der Waals surface area contributed by atoms with Crippen molar-refractivity contribution in [3.8, 4) is 17.2 Å². The Balaban J connectivity index is 2.61. The predicted molar refractivity (Wildman–Crippen MR) is 84.8 cm³/mol. The highest BCUT2D eigenvalue weighted by atomic mass is 14.2. The van der Waals surface area contributed by atoms with Gasteiger partial charge in [0.15, 0.2) is 0 Å². The fraction of sp³-hybridized carbons (Fsp3) is 0.316. The minimum Gasteiger partial charge on any atom is -0.192 e. The van der Waals surface area contributed by atoms with Gasteiger partial charge in [-0.2, -0.15) is 5.26 Å². The molecule has 0 aromatic heterocycles. The lowest BCUT2D eigenvalue weighted by Crippen LogP contribution is -2.01. The highest BCUT2D eigenvalue weighted by molar-refractivity contribution is 5.70. The largest absolute Gasteiger partial charge is 0.192 e. The lowest BCUT2D eigenvalue weighted by atomic mass is 9.84. The van der Waals surface area contributed by atoms with E-state index < -0.39 is 0 Å². The third-order valence-corrected chi connectivity index (χ3v) is 3.66. The molecule has 2 aromatic carbocycles. The summed E-state index contributed by atoms with van der Waals surface area (Å²) in [7, 11) is 0. The van der Waals surface area contributed by atoms with Crippen LogP contribution < -0.4 is 0 Å². The van der Waals surface area contributed by atoms with Gasteiger partial charge in [0.1, 0.15) is 0 Å². The van der Waals surface area contributed by atoms with Crippen molar-refractivity contribution in [1.29, 1.82) is 5.26 Å². The van der Waals surface area contributed by atoms with Crippen LogP contribution in [0.5, 0.6) is 0 Å². The first-order valence-electron chi connectivity index (χ1n) is 7.18. The van der Waals surface area contributed by atoms with E-state index in [0.717, 1.165) is 0 Å². The topological polar surface area (TPSA) is 23.8 Å². The van der Waals surface area contributed by atoms with Crippen molar-refractivity contribution in [2.45, 2.75) is 39.5 Å². The molecule has 102 valence electrons. The maximum absolute atomic E-state index is 8.91. The van der Waals surface area contributed by atoms with Crippen molar-refractivity contribution < 1.29 is 0 Å². The zero-order valence-corrected chi connectivity index (χ0v) is 12.6. The molecular formula is C19H21N. The summed E-state index contributed by atoms with van der Waals surface area (Å²) >= 11 is 0. The van der Waals surface area contributed by atoms with Crippen molar-refractivity contribution in [3.63, 3.8) is 0 Å². The first-order valence-corrected chi connectivity index (χ1v) is 7.18. The fourth-order valence-corrected chi connectivity index (χ4v) is 2.71. The van der Waals surface area contributed by atoms with E-state index in [4.69, 9.17) is 5.26 Å². The first kappa shape index (κ1) is 14.3. The number of nitrogens with zero attached hydrogens (tertiary/aromatic N) is 1. The smallest absolute Gasteiger partial charge is 0.0991 e. The Morgan fingerprint density at radius 1 is 0.850 bits per heavy atom. The molecule has 0 aliphatic heterocycles. The molecule has 0 N–H and O–H groups in total. The molecule has 0 heterocycles. The van der Waals surface area contributed by atoms with E-state index in [9.17, 15) is 0 Å². The highest BCUT2D eigenvalue weighted by Gasteiger charge is 2.15. The molecular weight excluding hydrogens is 242 g/mol. The Kier molecular flexibility index (Phi) is 4.25. The Hall–Kier alpha value is -2.07. The van der Waals surface area contributed by atoms with Crippen LogP contribution >= 0.6 is 0 Å². The molecule has 2 rings (SSSR count). The van der Waals surface area contributed by atoms with Gasteiger partial charge in [0.2, 0.25) is 0 Å². The number of rotatable bonds is 3. The monoisotopic (exact) mass is 263 g/mol. The number of benzene rings is 2. The van der Waals surface area contributed by atoms with Crippen LogP contribution in [0.3, 0.4) is 0 Å². The summed E-state index contributed by atoms with van der Waals surface area (Å²) in [5.74, 6) is 1.00. The number of nitriles is 1. The maximum atomic E-state index is 8.91. The van der Waals surface area contributed by atoms with Gasteiger partial charge in [-0.1, -0.05) is 58.0 Å². The molecule has 1 nitrogen and oxygen atoms in total. The molecule has 2 aromatic rings. The third-order valence-electron chi connectivity index (χ3n) is 3.66. The molecule has 0 fully saturated rings. The molecule has 0 radical (unpaired) electrons. The second kappa shape index (κ2) is 5.92. The van der Waals surface area contributed by atoms with Crippen LogP contribution in [-0.4, -0.2) is 0 Å². The normalized spacial score (nSPS) is 10.8. The van der Waals surface area contributed by atoms with Gasteiger partial charge in [0.25, 0.3) is 0 Å². The number of hydrogen-bond acceptors (Lipinski definition) is 1. The lowest BCUT2D eigenvalue weighted by Gasteiger charge is -2.20. The molecule has 0 aliphatic rings. The molecule has 0 atom stereocenters. The van der Waals surface area contributed by atoms with Crippen molar-refractivity contribution in [3.05, 3.63) is 59.2 Å². The van der Waals surface area contributed by atoms with Crippen molar-refractivity contribution >= 4 is 0 Å². The van der Waals surface area contributed by atoms with Gasteiger partial charge in [-0.15, -0.1) is 0 Å². The zero-order valence-electron chi connectivity index (χ0n) is 12.6. The van der Waals surface area contributed by atoms with Crippen LogP contribution in [0.1, 0.15) is 56.2 Å². The summed E-state index contributed by atoms with van der Waals surface area (Å²) in [5, 5.41) is 8.91. The van der Waals surface area contributed by atoms with Gasteiger partial charge in [0.05, 0.1) is 11.6 Å². The summed E-state index contributed by atoms with van der Waals surface area (Å²) in [5.41, 5.74) is 6.03. The average molecular weight is 263 g/mol. The minimum absolute atomic E-state index is 0.485. The Labute approximate surface area is 121 Å². The van der Waals surface area contributed by atoms with Crippen molar-refractivity contribution in [2.75, 3.05) is 0 Å². The lowest BCUT2D eigenvalue weighted by molar-refractivity contribution is 0.792. The van der Waals surface area contributed by atoms with Gasteiger partial charge < -0.3 is 0 Å². The van der Waals surface area contributed by atoms with Crippen LogP contribution in [0.2, 0.25) is 0 Å². The molecule has 0 spiro atoms. The summed E-state index contributed by atoms with van der Waals surface area (Å²) in [6.45, 7) is 8.97. The van der Waals surface area contributed by atoms with Crippen LogP contribution in [0, 0.1) is 11.3 Å². The van der Waals surface area contributed by atoms with E-state index >= 15 is 0 Å². The minimum atomic E-state index is 0.485. The van der Waals surface area contributed by atoms with E-state index in [1.807, 2.05) is 24.3 Å². The van der Waals surface area contributed by atoms with Gasteiger partial charge in [-0.3, -0.25) is 0 Å². The molecule has 0 aliphatic carbocycles. The van der Waals surface area contributed by atoms with Crippen molar-refractivity contribution in [2.24, 2.45) is 0 Å². The van der Waals surface area contributed by atoms with E-state index in [1.165, 1.54) is 22.3 Å². The van der Waals surface area contributed by atoms with Crippen LogP contribution in [0.25, 0.3) is 11.1 Å². The van der Waals surface area contributed by atoms with E-state index in [2.05, 4.69) is 52.0 Å². The molecule has 0 bridgehead atoms. The maximum Gasteiger partial charge on any atom is 0.0991 e. The van der Waals surface area contributed by atoms with E-state index in [1.54, 1.807) is 0 Å².